The van der Waals surface area contributed by atoms with Gasteiger partial charge < -0.3 is 9.13 Å². The number of rotatable bonds is 4. The molecule has 0 saturated heterocycles. The molecule has 0 spiro atoms. The van der Waals surface area contributed by atoms with Crippen LogP contribution in [0.25, 0.3) is 88.0 Å². The third-order valence-electron chi connectivity index (χ3n) is 9.87. The molecule has 0 aliphatic rings. The summed E-state index contributed by atoms with van der Waals surface area (Å²) in [7, 11) is 0. The fraction of sp³-hybridized carbons (Fsp3) is 0. The van der Waals surface area contributed by atoms with Crippen LogP contribution in [0.4, 0.5) is 0 Å². The van der Waals surface area contributed by atoms with Gasteiger partial charge in [0.1, 0.15) is 0 Å². The van der Waals surface area contributed by atoms with Gasteiger partial charge in [0.15, 0.2) is 0 Å². The fourth-order valence-electron chi connectivity index (χ4n) is 7.63. The van der Waals surface area contributed by atoms with Crippen molar-refractivity contribution in [2.75, 3.05) is 0 Å². The van der Waals surface area contributed by atoms with Crippen molar-refractivity contribution in [1.82, 2.24) is 19.1 Å². The first-order valence-electron chi connectivity index (χ1n) is 16.9. The Morgan fingerprint density at radius 3 is 1.62 bits per heavy atom. The van der Waals surface area contributed by atoms with Crippen LogP contribution in [0.2, 0.25) is 0 Å². The highest BCUT2D eigenvalue weighted by molar-refractivity contribution is 6.12. The molecule has 0 amide bonds. The number of fused-ring (bicyclic) bond motifs is 3. The molecule has 4 heteroatoms. The quantitative estimate of drug-likeness (QED) is 0.192. The normalized spacial score (nSPS) is 11.6. The van der Waals surface area contributed by atoms with Gasteiger partial charge in [-0.25, -0.2) is 0 Å². The summed E-state index contributed by atoms with van der Waals surface area (Å²) in [6, 6.07) is 57.1. The van der Waals surface area contributed by atoms with Gasteiger partial charge in [-0.2, -0.15) is 0 Å². The van der Waals surface area contributed by atoms with E-state index < -0.39 is 0 Å². The Morgan fingerprint density at radius 2 is 0.960 bits per heavy atom. The lowest BCUT2D eigenvalue weighted by molar-refractivity contribution is 1.13. The average Bonchev–Trinajstić information content (AvgIpc) is 3.19. The number of aromatic nitrogens is 4. The van der Waals surface area contributed by atoms with Crippen LogP contribution in [0.15, 0.2) is 183 Å². The summed E-state index contributed by atoms with van der Waals surface area (Å²) in [5, 5.41) is 7.10. The van der Waals surface area contributed by atoms with Crippen LogP contribution in [-0.4, -0.2) is 19.1 Å². The van der Waals surface area contributed by atoms with Crippen molar-refractivity contribution in [2.45, 2.75) is 0 Å². The minimum absolute atomic E-state index is 0.993. The molecule has 0 aliphatic carbocycles. The molecular weight excluding hydrogens is 609 g/mol. The van der Waals surface area contributed by atoms with Gasteiger partial charge in [-0.05, 0) is 111 Å². The van der Waals surface area contributed by atoms with E-state index in [-0.39, 0.29) is 0 Å². The Hall–Kier alpha value is -6.78. The van der Waals surface area contributed by atoms with E-state index in [1.54, 1.807) is 0 Å². The molecule has 10 aromatic rings. The van der Waals surface area contributed by atoms with E-state index >= 15 is 0 Å². The molecule has 4 nitrogen and oxygen atoms in total. The molecule has 0 unspecified atom stereocenters. The van der Waals surface area contributed by atoms with E-state index in [9.17, 15) is 0 Å². The molecule has 0 atom stereocenters. The number of benzene rings is 7. The largest absolute Gasteiger partial charge is 0.310 e. The highest BCUT2D eigenvalue weighted by atomic mass is 15.0. The second-order valence-electron chi connectivity index (χ2n) is 12.8. The van der Waals surface area contributed by atoms with Crippen molar-refractivity contribution < 1.29 is 0 Å². The topological polar surface area (TPSA) is 35.6 Å². The maximum Gasteiger partial charge on any atom is 0.0645 e. The number of hydrogen-bond donors (Lipinski definition) is 0. The van der Waals surface area contributed by atoms with Gasteiger partial charge in [-0.3, -0.25) is 9.97 Å². The Bertz CT molecular complexity index is 2900. The maximum absolute atomic E-state index is 4.59. The molecule has 10 rings (SSSR count). The van der Waals surface area contributed by atoms with E-state index in [1.807, 2.05) is 36.9 Å². The molecule has 0 fully saturated rings. The molecule has 4 bridgehead atoms. The van der Waals surface area contributed by atoms with E-state index in [4.69, 9.17) is 0 Å². The van der Waals surface area contributed by atoms with Gasteiger partial charge >= 0.3 is 0 Å². The highest BCUT2D eigenvalue weighted by Gasteiger charge is 2.16. The van der Waals surface area contributed by atoms with Crippen LogP contribution in [0.1, 0.15) is 0 Å². The summed E-state index contributed by atoms with van der Waals surface area (Å²) < 4.78 is 4.77. The van der Waals surface area contributed by atoms with Gasteiger partial charge in [-0.15, -0.1) is 0 Å². The van der Waals surface area contributed by atoms with Crippen molar-refractivity contribution in [1.29, 1.82) is 0 Å². The lowest BCUT2D eigenvalue weighted by Gasteiger charge is -2.21. The summed E-state index contributed by atoms with van der Waals surface area (Å²) in [4.78, 5) is 9.12. The van der Waals surface area contributed by atoms with Crippen LogP contribution in [0, 0.1) is 0 Å². The molecule has 3 heterocycles. The molecule has 0 aliphatic heterocycles. The number of para-hydroxylation sites is 1. The Morgan fingerprint density at radius 1 is 0.360 bits per heavy atom. The fourth-order valence-corrected chi connectivity index (χ4v) is 7.63. The third kappa shape index (κ3) is 4.54. The first-order chi connectivity index (χ1) is 24.8. The standard InChI is InChI=1S/C46H30N4/c1-2-13-35(14-3-1)49-37-25-41(33-21-20-31-10-4-5-11-32(31)24-33)39-16-6-19-46(43(39)27-37)50(36-15-9-23-48-30-36)38-26-42(34-12-8-22-47-29-34)40-17-7-18-45(49)44(40)28-38/h1-30H. The molecule has 0 N–H and O–H groups in total. The van der Waals surface area contributed by atoms with Crippen LogP contribution < -0.4 is 0 Å². The lowest BCUT2D eigenvalue weighted by Crippen LogP contribution is -2.03. The molecule has 50 heavy (non-hydrogen) atoms. The van der Waals surface area contributed by atoms with Gasteiger partial charge in [0.2, 0.25) is 0 Å². The van der Waals surface area contributed by atoms with Crippen LogP contribution in [0.5, 0.6) is 0 Å². The minimum Gasteiger partial charge on any atom is -0.310 e. The molecule has 0 saturated carbocycles. The monoisotopic (exact) mass is 638 g/mol. The zero-order chi connectivity index (χ0) is 33.0. The van der Waals surface area contributed by atoms with Crippen molar-refractivity contribution in [2.24, 2.45) is 0 Å². The third-order valence-corrected chi connectivity index (χ3v) is 9.87. The highest BCUT2D eigenvalue weighted by Crippen LogP contribution is 2.39. The maximum atomic E-state index is 4.59. The minimum atomic E-state index is 0.993. The van der Waals surface area contributed by atoms with Gasteiger partial charge in [-0.1, -0.05) is 84.9 Å². The van der Waals surface area contributed by atoms with Gasteiger partial charge in [0.05, 0.1) is 22.9 Å². The van der Waals surface area contributed by atoms with Crippen LogP contribution in [0.3, 0.4) is 0 Å². The van der Waals surface area contributed by atoms with E-state index in [0.29, 0.717) is 0 Å². The first-order valence-corrected chi connectivity index (χ1v) is 16.9. The predicted octanol–water partition coefficient (Wildman–Crippen LogP) is 11.7. The second-order valence-corrected chi connectivity index (χ2v) is 12.8. The molecule has 7 aromatic carbocycles. The van der Waals surface area contributed by atoms with E-state index in [1.165, 1.54) is 27.3 Å². The molecule has 0 radical (unpaired) electrons. The van der Waals surface area contributed by atoms with Crippen LogP contribution >= 0.6 is 0 Å². The molecule has 3 aromatic heterocycles. The van der Waals surface area contributed by atoms with Crippen molar-refractivity contribution in [3.05, 3.63) is 183 Å². The average molecular weight is 639 g/mol. The zero-order valence-electron chi connectivity index (χ0n) is 27.1. The molecule has 234 valence electrons. The summed E-state index contributed by atoms with van der Waals surface area (Å²) in [6.45, 7) is 0. The van der Waals surface area contributed by atoms with Crippen molar-refractivity contribution in [3.63, 3.8) is 0 Å². The number of pyridine rings is 2. The van der Waals surface area contributed by atoms with Crippen molar-refractivity contribution in [3.8, 4) is 33.6 Å². The van der Waals surface area contributed by atoms with Gasteiger partial charge in [0.25, 0.3) is 0 Å². The zero-order valence-corrected chi connectivity index (χ0v) is 27.1. The van der Waals surface area contributed by atoms with Crippen LogP contribution in [-0.2, 0) is 0 Å². The van der Waals surface area contributed by atoms with Crippen molar-refractivity contribution >= 4 is 54.4 Å². The SMILES string of the molecule is c1ccc(-n2c3cc(-c4ccc5ccccc5c4)c4cccc(c4c3)n(-c3cccnc3)c3cc(-c4cccnc4)c4cccc2c4c3)cc1. The number of nitrogens with zero attached hydrogens (tertiary/aromatic N) is 4. The summed E-state index contributed by atoms with van der Waals surface area (Å²) in [5.74, 6) is 0. The number of hydrogen-bond acceptors (Lipinski definition) is 2. The van der Waals surface area contributed by atoms with Gasteiger partial charge in [0, 0.05) is 51.6 Å². The Labute approximate surface area is 288 Å². The summed E-state index contributed by atoms with van der Waals surface area (Å²) in [6.07, 6.45) is 7.58. The summed E-state index contributed by atoms with van der Waals surface area (Å²) >= 11 is 0. The Kier molecular flexibility index (Phi) is 6.46. The Balaban J connectivity index is 1.49. The smallest absolute Gasteiger partial charge is 0.0645 e. The predicted molar refractivity (Wildman–Crippen MR) is 208 cm³/mol. The summed E-state index contributed by atoms with van der Waals surface area (Å²) in [5.41, 5.74) is 11.0. The first kappa shape index (κ1) is 28.3. The second kappa shape index (κ2) is 11.4. The van der Waals surface area contributed by atoms with E-state index in [2.05, 4.69) is 165 Å². The van der Waals surface area contributed by atoms with E-state index in [0.717, 1.165) is 60.7 Å². The lowest BCUT2D eigenvalue weighted by atomic mass is 9.94. The molecular formula is C46H30N4.